The Kier molecular flexibility index (Phi) is 3.44. The van der Waals surface area contributed by atoms with E-state index in [0.717, 1.165) is 0 Å². The Morgan fingerprint density at radius 2 is 2.33 bits per heavy atom. The number of rotatable bonds is 4. The molecule has 0 fully saturated rings. The molecule has 0 aliphatic heterocycles. The molecule has 0 bridgehead atoms. The first-order chi connectivity index (χ1) is 4.22. The van der Waals surface area contributed by atoms with Gasteiger partial charge in [-0.15, -0.1) is 0 Å². The molecule has 0 atom stereocenters. The van der Waals surface area contributed by atoms with Crippen LogP contribution in [0.15, 0.2) is 25.0 Å². The zero-order valence-corrected chi connectivity index (χ0v) is 5.52. The Morgan fingerprint density at radius 3 is 2.67 bits per heavy atom. The van der Waals surface area contributed by atoms with Gasteiger partial charge < -0.3 is 4.74 Å². The first-order valence-corrected chi connectivity index (χ1v) is 2.70. The van der Waals surface area contributed by atoms with Crippen molar-refractivity contribution in [2.75, 3.05) is 6.61 Å². The highest BCUT2D eigenvalue weighted by Crippen LogP contribution is 1.94. The number of carbonyl (C=O) groups is 1. The number of ketones is 1. The summed E-state index contributed by atoms with van der Waals surface area (Å²) in [6.45, 7) is 8.91. The van der Waals surface area contributed by atoms with Crippen molar-refractivity contribution in [1.82, 2.24) is 0 Å². The summed E-state index contributed by atoms with van der Waals surface area (Å²) >= 11 is 0. The van der Waals surface area contributed by atoms with E-state index in [4.69, 9.17) is 4.74 Å². The molecule has 0 N–H and O–H groups in total. The molecule has 50 valence electrons. The van der Waals surface area contributed by atoms with Gasteiger partial charge in [-0.3, -0.25) is 4.79 Å². The van der Waals surface area contributed by atoms with Crippen LogP contribution in [0.25, 0.3) is 0 Å². The standard InChI is InChI=1S/C7H10O2/c1-4-7(8)6(3)9-5-2/h4H,1,3,5H2,2H3. The second kappa shape index (κ2) is 3.89. The molecule has 9 heavy (non-hydrogen) atoms. The van der Waals surface area contributed by atoms with Crippen LogP contribution in [0.2, 0.25) is 0 Å². The topological polar surface area (TPSA) is 26.3 Å². The van der Waals surface area contributed by atoms with Crippen molar-refractivity contribution in [3.63, 3.8) is 0 Å². The van der Waals surface area contributed by atoms with Crippen LogP contribution >= 0.6 is 0 Å². The Balaban J connectivity index is 3.73. The molecule has 0 heterocycles. The van der Waals surface area contributed by atoms with E-state index in [1.807, 2.05) is 0 Å². The summed E-state index contributed by atoms with van der Waals surface area (Å²) in [5.74, 6) is -0.0932. The van der Waals surface area contributed by atoms with Gasteiger partial charge in [0.25, 0.3) is 0 Å². The monoisotopic (exact) mass is 126 g/mol. The van der Waals surface area contributed by atoms with E-state index < -0.39 is 0 Å². The van der Waals surface area contributed by atoms with Crippen molar-refractivity contribution in [3.8, 4) is 0 Å². The summed E-state index contributed by atoms with van der Waals surface area (Å²) in [5.41, 5.74) is 0. The van der Waals surface area contributed by atoms with Gasteiger partial charge in [-0.05, 0) is 13.0 Å². The Morgan fingerprint density at radius 1 is 1.78 bits per heavy atom. The average Bonchev–Trinajstić information content (AvgIpc) is 1.87. The number of hydrogen-bond acceptors (Lipinski definition) is 2. The van der Waals surface area contributed by atoms with Crippen molar-refractivity contribution >= 4 is 5.78 Å². The van der Waals surface area contributed by atoms with Gasteiger partial charge in [-0.25, -0.2) is 0 Å². The van der Waals surface area contributed by atoms with Crippen LogP contribution in [0.5, 0.6) is 0 Å². The molecular formula is C7H10O2. The highest BCUT2D eigenvalue weighted by molar-refractivity contribution is 6.01. The van der Waals surface area contributed by atoms with Gasteiger partial charge >= 0.3 is 0 Å². The lowest BCUT2D eigenvalue weighted by Gasteiger charge is -1.99. The van der Waals surface area contributed by atoms with Crippen LogP contribution in [-0.4, -0.2) is 12.4 Å². The van der Waals surface area contributed by atoms with Gasteiger partial charge in [-0.1, -0.05) is 13.2 Å². The highest BCUT2D eigenvalue weighted by atomic mass is 16.5. The minimum atomic E-state index is -0.253. The van der Waals surface area contributed by atoms with Crippen LogP contribution in [0.4, 0.5) is 0 Å². The first kappa shape index (κ1) is 7.95. The predicted octanol–water partition coefficient (Wildman–Crippen LogP) is 1.29. The molecule has 0 aromatic heterocycles. The average molecular weight is 126 g/mol. The molecule has 0 aromatic rings. The van der Waals surface area contributed by atoms with Gasteiger partial charge in [0.05, 0.1) is 6.61 Å². The predicted molar refractivity (Wildman–Crippen MR) is 36.0 cm³/mol. The van der Waals surface area contributed by atoms with Crippen molar-refractivity contribution in [3.05, 3.63) is 25.0 Å². The van der Waals surface area contributed by atoms with Crippen molar-refractivity contribution < 1.29 is 9.53 Å². The van der Waals surface area contributed by atoms with E-state index in [2.05, 4.69) is 13.2 Å². The number of carbonyl (C=O) groups excluding carboxylic acids is 1. The molecule has 0 aromatic carbocycles. The van der Waals surface area contributed by atoms with Crippen molar-refractivity contribution in [2.45, 2.75) is 6.92 Å². The molecule has 0 aliphatic carbocycles. The number of allylic oxidation sites excluding steroid dienone is 1. The fourth-order valence-corrected chi connectivity index (χ4v) is 0.359. The molecule has 0 aliphatic rings. The van der Waals surface area contributed by atoms with Gasteiger partial charge in [0.1, 0.15) is 0 Å². The SMILES string of the molecule is C=CC(=O)C(=C)OCC. The zero-order chi connectivity index (χ0) is 7.28. The molecule has 0 spiro atoms. The van der Waals surface area contributed by atoms with Crippen molar-refractivity contribution in [2.24, 2.45) is 0 Å². The highest BCUT2D eigenvalue weighted by Gasteiger charge is 1.99. The number of ether oxygens (including phenoxy) is 1. The summed E-state index contributed by atoms with van der Waals surface area (Å²) in [5, 5.41) is 0. The van der Waals surface area contributed by atoms with Crippen LogP contribution < -0.4 is 0 Å². The smallest absolute Gasteiger partial charge is 0.219 e. The fourth-order valence-electron chi connectivity index (χ4n) is 0.359. The second-order valence-corrected chi connectivity index (χ2v) is 1.42. The minimum absolute atomic E-state index is 0.160. The summed E-state index contributed by atoms with van der Waals surface area (Å²) in [6.07, 6.45) is 1.18. The van der Waals surface area contributed by atoms with E-state index in [0.29, 0.717) is 6.61 Å². The molecule has 2 heteroatoms. The Hall–Kier alpha value is -1.05. The van der Waals surface area contributed by atoms with Crippen LogP contribution in [0, 0.1) is 0 Å². The van der Waals surface area contributed by atoms with Crippen LogP contribution in [0.1, 0.15) is 6.92 Å². The minimum Gasteiger partial charge on any atom is -0.490 e. The van der Waals surface area contributed by atoms with E-state index >= 15 is 0 Å². The maximum absolute atomic E-state index is 10.6. The number of hydrogen-bond donors (Lipinski definition) is 0. The molecular weight excluding hydrogens is 116 g/mol. The lowest BCUT2D eigenvalue weighted by molar-refractivity contribution is -0.114. The molecule has 0 unspecified atom stereocenters. The lowest BCUT2D eigenvalue weighted by atomic mass is 10.3. The van der Waals surface area contributed by atoms with E-state index in [1.54, 1.807) is 6.92 Å². The summed E-state index contributed by atoms with van der Waals surface area (Å²) in [6, 6.07) is 0. The normalized spacial score (nSPS) is 8.11. The third kappa shape index (κ3) is 2.69. The summed E-state index contributed by atoms with van der Waals surface area (Å²) in [4.78, 5) is 10.6. The van der Waals surface area contributed by atoms with Gasteiger partial charge in [0.2, 0.25) is 5.78 Å². The second-order valence-electron chi connectivity index (χ2n) is 1.42. The lowest BCUT2D eigenvalue weighted by Crippen LogP contribution is -2.00. The molecule has 0 saturated heterocycles. The maximum Gasteiger partial charge on any atom is 0.219 e. The molecule has 2 nitrogen and oxygen atoms in total. The van der Waals surface area contributed by atoms with Crippen LogP contribution in [-0.2, 0) is 9.53 Å². The maximum atomic E-state index is 10.6. The third-order valence-corrected chi connectivity index (χ3v) is 0.779. The fraction of sp³-hybridized carbons (Fsp3) is 0.286. The van der Waals surface area contributed by atoms with Crippen molar-refractivity contribution in [1.29, 1.82) is 0 Å². The van der Waals surface area contributed by atoms with E-state index in [1.165, 1.54) is 6.08 Å². The first-order valence-electron chi connectivity index (χ1n) is 2.70. The molecule has 0 saturated carbocycles. The molecule has 0 amide bonds. The largest absolute Gasteiger partial charge is 0.490 e. The summed E-state index contributed by atoms with van der Waals surface area (Å²) < 4.78 is 4.78. The van der Waals surface area contributed by atoms with E-state index in [9.17, 15) is 4.79 Å². The molecule has 0 rings (SSSR count). The van der Waals surface area contributed by atoms with Gasteiger partial charge in [-0.2, -0.15) is 0 Å². The van der Waals surface area contributed by atoms with Crippen LogP contribution in [0.3, 0.4) is 0 Å². The quantitative estimate of drug-likeness (QED) is 0.419. The van der Waals surface area contributed by atoms with E-state index in [-0.39, 0.29) is 11.5 Å². The summed E-state index contributed by atoms with van der Waals surface area (Å²) in [7, 11) is 0. The molecule has 0 radical (unpaired) electrons. The van der Waals surface area contributed by atoms with Gasteiger partial charge in [0, 0.05) is 0 Å². The third-order valence-electron chi connectivity index (χ3n) is 0.779. The Labute approximate surface area is 54.8 Å². The van der Waals surface area contributed by atoms with Gasteiger partial charge in [0.15, 0.2) is 5.76 Å². The zero-order valence-electron chi connectivity index (χ0n) is 5.52. The Bertz CT molecular complexity index is 136.